The molecule has 1 saturated carbocycles. The zero-order chi connectivity index (χ0) is 23.8. The molecule has 0 amide bonds. The highest BCUT2D eigenvalue weighted by Gasteiger charge is 2.74. The number of carbonyl (C=O) groups is 2. The summed E-state index contributed by atoms with van der Waals surface area (Å²) in [6.45, 7) is 6.29. The molecule has 6 nitrogen and oxygen atoms in total. The number of benzene rings is 2. The highest BCUT2D eigenvalue weighted by atomic mass is 35.5. The second kappa shape index (κ2) is 7.15. The van der Waals surface area contributed by atoms with Crippen LogP contribution in [0.2, 0.25) is 10.0 Å². The van der Waals surface area contributed by atoms with Gasteiger partial charge in [-0.25, -0.2) is 14.8 Å². The average molecular weight is 485 g/mol. The van der Waals surface area contributed by atoms with Gasteiger partial charge in [0, 0.05) is 5.41 Å². The van der Waals surface area contributed by atoms with Crippen molar-refractivity contribution >= 4 is 46.2 Å². The van der Waals surface area contributed by atoms with Crippen LogP contribution in [0, 0.1) is 5.41 Å². The Hall–Kier alpha value is -2.70. The third kappa shape index (κ3) is 2.80. The molecule has 0 aliphatic heterocycles. The Labute approximate surface area is 201 Å². The normalized spacial score (nSPS) is 24.5. The summed E-state index contributed by atoms with van der Waals surface area (Å²) >= 11 is 12.4. The molecule has 170 valence electrons. The molecule has 1 aromatic heterocycles. The molecule has 2 aliphatic rings. The molecule has 2 aromatic carbocycles. The van der Waals surface area contributed by atoms with Crippen LogP contribution in [0.4, 0.5) is 0 Å². The number of hydrogen-bond acceptors (Lipinski definition) is 6. The summed E-state index contributed by atoms with van der Waals surface area (Å²) in [4.78, 5) is 35.3. The maximum Gasteiger partial charge on any atom is 0.337 e. The number of carbonyl (C=O) groups excluding carboxylic acids is 2. The summed E-state index contributed by atoms with van der Waals surface area (Å²) in [5.41, 5.74) is 1.25. The number of methoxy groups -OCH3 is 1. The van der Waals surface area contributed by atoms with E-state index in [-0.39, 0.29) is 11.4 Å². The maximum absolute atomic E-state index is 13.8. The van der Waals surface area contributed by atoms with E-state index in [9.17, 15) is 9.59 Å². The number of hydrogen-bond donors (Lipinski definition) is 0. The van der Waals surface area contributed by atoms with E-state index in [1.165, 1.54) is 7.11 Å². The molecule has 2 atom stereocenters. The van der Waals surface area contributed by atoms with Crippen molar-refractivity contribution in [2.24, 2.45) is 5.41 Å². The predicted octanol–water partition coefficient (Wildman–Crippen LogP) is 5.66. The van der Waals surface area contributed by atoms with E-state index >= 15 is 0 Å². The van der Waals surface area contributed by atoms with Crippen molar-refractivity contribution in [1.82, 2.24) is 9.97 Å². The summed E-state index contributed by atoms with van der Waals surface area (Å²) in [6.07, 6.45) is 1.38. The monoisotopic (exact) mass is 484 g/mol. The van der Waals surface area contributed by atoms with Gasteiger partial charge in [-0.2, -0.15) is 0 Å². The molecule has 33 heavy (non-hydrogen) atoms. The van der Waals surface area contributed by atoms with Crippen LogP contribution in [0.3, 0.4) is 0 Å². The SMILES string of the molecule is COC(=O)c1ccc(OC(=O)C23CCC(C)(c4nc5cc(Cl)c(Cl)cc5nc42)C3(C)C)cc1. The molecular weight excluding hydrogens is 463 g/mol. The van der Waals surface area contributed by atoms with E-state index in [1.54, 1.807) is 36.4 Å². The molecule has 0 N–H and O–H groups in total. The molecule has 3 aromatic rings. The minimum Gasteiger partial charge on any atom is -0.465 e. The molecule has 2 aliphatic carbocycles. The second-order valence-corrected chi connectivity index (χ2v) is 10.3. The molecule has 5 rings (SSSR count). The van der Waals surface area contributed by atoms with Crippen molar-refractivity contribution in [3.05, 3.63) is 63.4 Å². The molecule has 1 fully saturated rings. The Bertz CT molecular complexity index is 1340. The van der Waals surface area contributed by atoms with E-state index in [4.69, 9.17) is 42.6 Å². The van der Waals surface area contributed by atoms with E-state index in [0.717, 1.165) is 12.1 Å². The fourth-order valence-electron chi connectivity index (χ4n) is 5.52. The molecule has 0 spiro atoms. The first-order valence-electron chi connectivity index (χ1n) is 10.6. The van der Waals surface area contributed by atoms with E-state index in [1.807, 2.05) is 0 Å². The first-order chi connectivity index (χ1) is 15.5. The predicted molar refractivity (Wildman–Crippen MR) is 125 cm³/mol. The lowest BCUT2D eigenvalue weighted by Crippen LogP contribution is -2.48. The topological polar surface area (TPSA) is 78.4 Å². The number of rotatable bonds is 3. The summed E-state index contributed by atoms with van der Waals surface area (Å²) in [5, 5.41) is 0.796. The molecule has 2 bridgehead atoms. The van der Waals surface area contributed by atoms with Gasteiger partial charge in [0.2, 0.25) is 0 Å². The van der Waals surface area contributed by atoms with Gasteiger partial charge in [-0.05, 0) is 54.7 Å². The lowest BCUT2D eigenvalue weighted by Gasteiger charge is -2.38. The lowest BCUT2D eigenvalue weighted by atomic mass is 9.64. The van der Waals surface area contributed by atoms with Gasteiger partial charge in [-0.15, -0.1) is 0 Å². The standard InChI is InChI=1S/C25H22Cl2N2O4/c1-23(2)24(3)9-10-25(23,22(31)33-14-7-5-13(6-8-14)21(30)32-4)20-19(24)28-17-11-15(26)16(27)12-18(17)29-20/h5-8,11-12H,9-10H2,1-4H3. The van der Waals surface area contributed by atoms with Gasteiger partial charge in [-0.3, -0.25) is 4.79 Å². The van der Waals surface area contributed by atoms with Crippen LogP contribution in [0.25, 0.3) is 11.0 Å². The van der Waals surface area contributed by atoms with Gasteiger partial charge in [0.25, 0.3) is 0 Å². The minimum atomic E-state index is -0.967. The quantitative estimate of drug-likeness (QED) is 0.352. The van der Waals surface area contributed by atoms with Crippen LogP contribution in [0.1, 0.15) is 55.4 Å². The van der Waals surface area contributed by atoms with Crippen molar-refractivity contribution in [1.29, 1.82) is 0 Å². The third-order valence-corrected chi connectivity index (χ3v) is 8.64. The summed E-state index contributed by atoms with van der Waals surface area (Å²) < 4.78 is 10.6. The third-order valence-electron chi connectivity index (χ3n) is 7.91. The number of ether oxygens (including phenoxy) is 2. The molecule has 2 unspecified atom stereocenters. The fraction of sp³-hybridized carbons (Fsp3) is 0.360. The Balaban J connectivity index is 1.61. The fourth-order valence-corrected chi connectivity index (χ4v) is 5.84. The second-order valence-electron chi connectivity index (χ2n) is 9.44. The molecule has 0 radical (unpaired) electrons. The molecule has 0 saturated heterocycles. The van der Waals surface area contributed by atoms with Crippen LogP contribution in [-0.2, 0) is 20.4 Å². The molecule has 8 heteroatoms. The van der Waals surface area contributed by atoms with Crippen molar-refractivity contribution in [3.8, 4) is 5.75 Å². The van der Waals surface area contributed by atoms with Crippen LogP contribution in [-0.4, -0.2) is 29.0 Å². The van der Waals surface area contributed by atoms with Crippen molar-refractivity contribution in [2.75, 3.05) is 7.11 Å². The van der Waals surface area contributed by atoms with Crippen LogP contribution in [0.15, 0.2) is 36.4 Å². The van der Waals surface area contributed by atoms with Gasteiger partial charge < -0.3 is 9.47 Å². The van der Waals surface area contributed by atoms with Gasteiger partial charge >= 0.3 is 11.9 Å². The average Bonchev–Trinajstić information content (AvgIpc) is 3.08. The van der Waals surface area contributed by atoms with E-state index < -0.39 is 16.8 Å². The first-order valence-corrected chi connectivity index (χ1v) is 11.4. The van der Waals surface area contributed by atoms with Crippen LogP contribution >= 0.6 is 23.2 Å². The Morgan fingerprint density at radius 2 is 1.48 bits per heavy atom. The summed E-state index contributed by atoms with van der Waals surface area (Å²) in [7, 11) is 1.32. The van der Waals surface area contributed by atoms with E-state index in [2.05, 4.69) is 20.8 Å². The van der Waals surface area contributed by atoms with Gasteiger partial charge in [0.1, 0.15) is 11.2 Å². The molecule has 1 heterocycles. The highest BCUT2D eigenvalue weighted by molar-refractivity contribution is 6.42. The van der Waals surface area contributed by atoms with E-state index in [0.29, 0.717) is 44.5 Å². The Kier molecular flexibility index (Phi) is 4.79. The number of nitrogens with zero attached hydrogens (tertiary/aromatic N) is 2. The smallest absolute Gasteiger partial charge is 0.337 e. The zero-order valence-corrected chi connectivity index (χ0v) is 20.2. The summed E-state index contributed by atoms with van der Waals surface area (Å²) in [5.74, 6) is -0.484. The largest absolute Gasteiger partial charge is 0.465 e. The minimum absolute atomic E-state index is 0.350. The van der Waals surface area contributed by atoms with Crippen LogP contribution < -0.4 is 4.74 Å². The zero-order valence-electron chi connectivity index (χ0n) is 18.7. The lowest BCUT2D eigenvalue weighted by molar-refractivity contribution is -0.145. The Morgan fingerprint density at radius 1 is 0.909 bits per heavy atom. The van der Waals surface area contributed by atoms with Gasteiger partial charge in [0.05, 0.1) is 45.1 Å². The highest BCUT2D eigenvalue weighted by Crippen LogP contribution is 2.70. The summed E-state index contributed by atoms with van der Waals surface area (Å²) in [6, 6.07) is 9.70. The maximum atomic E-state index is 13.8. The first kappa shape index (κ1) is 22.1. The number of halogens is 2. The van der Waals surface area contributed by atoms with Crippen molar-refractivity contribution < 1.29 is 19.1 Å². The Morgan fingerprint density at radius 3 is 2.06 bits per heavy atom. The van der Waals surface area contributed by atoms with Crippen molar-refractivity contribution in [3.63, 3.8) is 0 Å². The number of esters is 2. The molecular formula is C25H22Cl2N2O4. The van der Waals surface area contributed by atoms with Gasteiger partial charge in [-0.1, -0.05) is 44.0 Å². The number of fused-ring (bicyclic) bond motifs is 6. The van der Waals surface area contributed by atoms with Crippen molar-refractivity contribution in [2.45, 2.75) is 44.4 Å². The number of aromatic nitrogens is 2. The van der Waals surface area contributed by atoms with Crippen LogP contribution in [0.5, 0.6) is 5.75 Å². The van der Waals surface area contributed by atoms with Gasteiger partial charge in [0.15, 0.2) is 0 Å².